The Hall–Kier alpha value is -1.92. The smallest absolute Gasteiger partial charge is 0.303 e. The Kier molecular flexibility index (Phi) is 11.4. The third-order valence-electron chi connectivity index (χ3n) is 4.40. The fraction of sp³-hybridized carbons (Fsp3) is 0.571. The molecular weight excluding hydrogens is 351 g/mol. The zero-order chi connectivity index (χ0) is 20.1. The van der Waals surface area contributed by atoms with Crippen molar-refractivity contribution < 1.29 is 29.2 Å². The van der Waals surface area contributed by atoms with Gasteiger partial charge in [-0.2, -0.15) is 0 Å². The highest BCUT2D eigenvalue weighted by atomic mass is 19.1. The molecule has 0 aliphatic heterocycles. The Labute approximate surface area is 160 Å². The maximum absolute atomic E-state index is 13.1. The summed E-state index contributed by atoms with van der Waals surface area (Å²) in [7, 11) is 0. The molecule has 6 heteroatoms. The van der Waals surface area contributed by atoms with Crippen LogP contribution in [0.15, 0.2) is 36.4 Å². The SMILES string of the molecule is CC(O)C(C/C=C\CCCC(=O)O)CCCC(O)COc1cccc(F)c1. The van der Waals surface area contributed by atoms with Gasteiger partial charge in [0.15, 0.2) is 0 Å². The van der Waals surface area contributed by atoms with Crippen molar-refractivity contribution in [2.24, 2.45) is 5.92 Å². The number of unbranched alkanes of at least 4 members (excludes halogenated alkanes) is 1. The molecule has 1 rings (SSSR count). The maximum Gasteiger partial charge on any atom is 0.303 e. The summed E-state index contributed by atoms with van der Waals surface area (Å²) in [5, 5.41) is 28.5. The van der Waals surface area contributed by atoms with Gasteiger partial charge in [-0.3, -0.25) is 4.79 Å². The largest absolute Gasteiger partial charge is 0.491 e. The average Bonchev–Trinajstić information content (AvgIpc) is 2.60. The van der Waals surface area contributed by atoms with Crippen molar-refractivity contribution in [3.05, 3.63) is 42.2 Å². The first-order valence-corrected chi connectivity index (χ1v) is 9.49. The number of hydrogen-bond donors (Lipinski definition) is 3. The minimum Gasteiger partial charge on any atom is -0.491 e. The first kappa shape index (κ1) is 23.1. The van der Waals surface area contributed by atoms with Crippen LogP contribution in [0.3, 0.4) is 0 Å². The van der Waals surface area contributed by atoms with E-state index in [-0.39, 0.29) is 24.8 Å². The van der Waals surface area contributed by atoms with Crippen molar-refractivity contribution in [3.8, 4) is 5.75 Å². The van der Waals surface area contributed by atoms with Crippen LogP contribution in [0, 0.1) is 11.7 Å². The monoisotopic (exact) mass is 382 g/mol. The molecule has 0 aliphatic carbocycles. The lowest BCUT2D eigenvalue weighted by Crippen LogP contribution is -2.20. The lowest BCUT2D eigenvalue weighted by molar-refractivity contribution is -0.137. The Morgan fingerprint density at radius 3 is 2.67 bits per heavy atom. The highest BCUT2D eigenvalue weighted by molar-refractivity contribution is 5.66. The lowest BCUT2D eigenvalue weighted by atomic mass is 9.92. The van der Waals surface area contributed by atoms with E-state index in [4.69, 9.17) is 9.84 Å². The summed E-state index contributed by atoms with van der Waals surface area (Å²) in [4.78, 5) is 10.4. The fourth-order valence-electron chi connectivity index (χ4n) is 2.76. The first-order chi connectivity index (χ1) is 12.9. The molecule has 1 aromatic rings. The second kappa shape index (κ2) is 13.3. The minimum atomic E-state index is -0.787. The Balaban J connectivity index is 2.23. The first-order valence-electron chi connectivity index (χ1n) is 9.49. The van der Waals surface area contributed by atoms with Gasteiger partial charge in [0.05, 0.1) is 12.2 Å². The van der Waals surface area contributed by atoms with Crippen LogP contribution in [0.5, 0.6) is 5.75 Å². The second-order valence-electron chi connectivity index (χ2n) is 6.85. The number of carboxylic acid groups (broad SMARTS) is 1. The Morgan fingerprint density at radius 2 is 2.00 bits per heavy atom. The van der Waals surface area contributed by atoms with Gasteiger partial charge in [-0.15, -0.1) is 0 Å². The molecule has 5 nitrogen and oxygen atoms in total. The fourth-order valence-corrected chi connectivity index (χ4v) is 2.76. The second-order valence-corrected chi connectivity index (χ2v) is 6.85. The summed E-state index contributed by atoms with van der Waals surface area (Å²) in [6, 6.07) is 5.81. The van der Waals surface area contributed by atoms with Gasteiger partial charge < -0.3 is 20.1 Å². The molecule has 1 aromatic carbocycles. The van der Waals surface area contributed by atoms with Gasteiger partial charge in [-0.25, -0.2) is 4.39 Å². The molecule has 0 heterocycles. The predicted octanol–water partition coefficient (Wildman–Crippen LogP) is 3.93. The van der Waals surface area contributed by atoms with Crippen LogP contribution in [0.25, 0.3) is 0 Å². The van der Waals surface area contributed by atoms with Crippen LogP contribution in [-0.4, -0.2) is 40.1 Å². The van der Waals surface area contributed by atoms with E-state index < -0.39 is 18.2 Å². The number of ether oxygens (including phenoxy) is 1. The van der Waals surface area contributed by atoms with E-state index in [9.17, 15) is 19.4 Å². The summed E-state index contributed by atoms with van der Waals surface area (Å²) in [6.07, 6.45) is 7.13. The Morgan fingerprint density at radius 1 is 1.22 bits per heavy atom. The van der Waals surface area contributed by atoms with Crippen LogP contribution < -0.4 is 4.74 Å². The number of carboxylic acids is 1. The third-order valence-corrected chi connectivity index (χ3v) is 4.40. The molecule has 152 valence electrons. The van der Waals surface area contributed by atoms with Crippen molar-refractivity contribution in [3.63, 3.8) is 0 Å². The molecule has 0 amide bonds. The molecule has 0 saturated heterocycles. The highest BCUT2D eigenvalue weighted by Crippen LogP contribution is 2.19. The molecule has 27 heavy (non-hydrogen) atoms. The van der Waals surface area contributed by atoms with E-state index >= 15 is 0 Å². The molecule has 0 radical (unpaired) electrons. The summed E-state index contributed by atoms with van der Waals surface area (Å²) in [6.45, 7) is 1.86. The minimum absolute atomic E-state index is 0.0945. The number of benzene rings is 1. The number of allylic oxidation sites excluding steroid dienone is 2. The van der Waals surface area contributed by atoms with E-state index in [1.54, 1.807) is 19.1 Å². The van der Waals surface area contributed by atoms with Gasteiger partial charge in [0.1, 0.15) is 18.2 Å². The normalized spacial score (nSPS) is 14.8. The van der Waals surface area contributed by atoms with Gasteiger partial charge in [0, 0.05) is 12.5 Å². The molecule has 0 bridgehead atoms. The van der Waals surface area contributed by atoms with Crippen LogP contribution in [-0.2, 0) is 4.79 Å². The van der Waals surface area contributed by atoms with Crippen molar-refractivity contribution in [1.82, 2.24) is 0 Å². The summed E-state index contributed by atoms with van der Waals surface area (Å²) in [5.41, 5.74) is 0. The summed E-state index contributed by atoms with van der Waals surface area (Å²) >= 11 is 0. The molecule has 0 aliphatic rings. The standard InChI is InChI=1S/C21H31FO5/c1-16(23)17(8-4-2-3-5-13-21(25)26)9-6-11-19(24)15-27-20-12-7-10-18(22)14-20/h2,4,7,10,12,14,16-17,19,23-24H,3,5-6,8-9,11,13,15H2,1H3,(H,25,26)/b4-2-. The van der Waals surface area contributed by atoms with E-state index in [0.717, 1.165) is 25.7 Å². The van der Waals surface area contributed by atoms with E-state index in [0.29, 0.717) is 18.6 Å². The van der Waals surface area contributed by atoms with Crippen molar-refractivity contribution in [2.75, 3.05) is 6.61 Å². The van der Waals surface area contributed by atoms with Gasteiger partial charge in [-0.1, -0.05) is 24.6 Å². The zero-order valence-corrected chi connectivity index (χ0v) is 15.9. The van der Waals surface area contributed by atoms with E-state index in [1.165, 1.54) is 12.1 Å². The van der Waals surface area contributed by atoms with Crippen LogP contribution in [0.2, 0.25) is 0 Å². The van der Waals surface area contributed by atoms with Gasteiger partial charge in [-0.05, 0) is 57.1 Å². The van der Waals surface area contributed by atoms with Crippen LogP contribution >= 0.6 is 0 Å². The molecule has 3 N–H and O–H groups in total. The van der Waals surface area contributed by atoms with Crippen LogP contribution in [0.4, 0.5) is 4.39 Å². The molecule has 3 atom stereocenters. The average molecular weight is 382 g/mol. The molecule has 3 unspecified atom stereocenters. The Bertz CT molecular complexity index is 573. The molecule has 0 saturated carbocycles. The number of hydrogen-bond acceptors (Lipinski definition) is 4. The lowest BCUT2D eigenvalue weighted by Gasteiger charge is -2.19. The molecule has 0 fully saturated rings. The molecule has 0 aromatic heterocycles. The molecule has 0 spiro atoms. The number of aliphatic hydroxyl groups is 2. The van der Waals surface area contributed by atoms with E-state index in [1.807, 2.05) is 12.2 Å². The van der Waals surface area contributed by atoms with Gasteiger partial charge >= 0.3 is 5.97 Å². The topological polar surface area (TPSA) is 87.0 Å². The van der Waals surface area contributed by atoms with Crippen molar-refractivity contribution in [1.29, 1.82) is 0 Å². The number of halogens is 1. The number of rotatable bonds is 14. The number of carbonyl (C=O) groups is 1. The zero-order valence-electron chi connectivity index (χ0n) is 15.9. The maximum atomic E-state index is 13.1. The van der Waals surface area contributed by atoms with E-state index in [2.05, 4.69) is 0 Å². The molecular formula is C21H31FO5. The van der Waals surface area contributed by atoms with Gasteiger partial charge in [0.2, 0.25) is 0 Å². The predicted molar refractivity (Wildman–Crippen MR) is 102 cm³/mol. The number of aliphatic carboxylic acids is 1. The summed E-state index contributed by atoms with van der Waals surface area (Å²) < 4.78 is 18.4. The quantitative estimate of drug-likeness (QED) is 0.335. The number of aliphatic hydroxyl groups excluding tert-OH is 2. The van der Waals surface area contributed by atoms with Gasteiger partial charge in [0.25, 0.3) is 0 Å². The van der Waals surface area contributed by atoms with Crippen LogP contribution in [0.1, 0.15) is 51.9 Å². The highest BCUT2D eigenvalue weighted by Gasteiger charge is 2.14. The third kappa shape index (κ3) is 11.4. The van der Waals surface area contributed by atoms with Crippen molar-refractivity contribution in [2.45, 2.75) is 64.1 Å². The summed E-state index contributed by atoms with van der Waals surface area (Å²) in [5.74, 6) is -0.677. The van der Waals surface area contributed by atoms with Crippen molar-refractivity contribution >= 4 is 5.97 Å².